The van der Waals surface area contributed by atoms with Crippen LogP contribution in [0.3, 0.4) is 0 Å². The number of benzene rings is 1. The molecule has 1 unspecified atom stereocenters. The average Bonchev–Trinajstić information content (AvgIpc) is 2.30. The number of hydrogen-bond donors (Lipinski definition) is 0. The summed E-state index contributed by atoms with van der Waals surface area (Å²) in [5.41, 5.74) is -0.244. The van der Waals surface area contributed by atoms with Gasteiger partial charge in [0.25, 0.3) is 0 Å². The molecule has 0 radical (unpaired) electrons. The van der Waals surface area contributed by atoms with Crippen molar-refractivity contribution in [2.24, 2.45) is 0 Å². The molecule has 0 aliphatic heterocycles. The molecular formula is C10H13F3O3Si. The van der Waals surface area contributed by atoms with Gasteiger partial charge in [-0.1, -0.05) is 6.07 Å². The van der Waals surface area contributed by atoms with Gasteiger partial charge in [0.1, 0.15) is 11.6 Å². The van der Waals surface area contributed by atoms with Crippen molar-refractivity contribution >= 4 is 9.53 Å². The fraction of sp³-hybridized carbons (Fsp3) is 0.400. The number of halogens is 3. The largest absolute Gasteiger partial charge is 0.483 e. The average molecular weight is 266 g/mol. The highest BCUT2D eigenvalue weighted by atomic mass is 28.3. The van der Waals surface area contributed by atoms with E-state index in [4.69, 9.17) is 13.3 Å². The van der Waals surface area contributed by atoms with Crippen molar-refractivity contribution in [2.75, 3.05) is 20.8 Å². The fourth-order valence-corrected chi connectivity index (χ4v) is 2.03. The summed E-state index contributed by atoms with van der Waals surface area (Å²) < 4.78 is 54.0. The highest BCUT2D eigenvalue weighted by Gasteiger charge is 2.19. The number of hydrogen-bond acceptors (Lipinski definition) is 3. The van der Waals surface area contributed by atoms with Gasteiger partial charge in [0.2, 0.25) is 0 Å². The first-order valence-electron chi connectivity index (χ1n) is 4.84. The normalized spacial score (nSPS) is 13.1. The Morgan fingerprint density at radius 3 is 2.41 bits per heavy atom. The quantitative estimate of drug-likeness (QED) is 0.737. The Labute approximate surface area is 99.1 Å². The van der Waals surface area contributed by atoms with Crippen molar-refractivity contribution in [1.29, 1.82) is 0 Å². The van der Waals surface area contributed by atoms with Crippen LogP contribution >= 0.6 is 0 Å². The maximum atomic E-state index is 13.6. The minimum atomic E-state index is -2.33. The summed E-state index contributed by atoms with van der Waals surface area (Å²) in [4.78, 5) is 0. The van der Waals surface area contributed by atoms with Crippen LogP contribution in [0.15, 0.2) is 18.2 Å². The second-order valence-corrected chi connectivity index (χ2v) is 5.08. The van der Waals surface area contributed by atoms with Crippen molar-refractivity contribution < 1.29 is 26.4 Å². The molecule has 1 atom stereocenters. The molecule has 0 aliphatic carbocycles. The van der Waals surface area contributed by atoms with Crippen LogP contribution in [0, 0.1) is 11.6 Å². The first-order chi connectivity index (χ1) is 8.08. The van der Waals surface area contributed by atoms with Crippen LogP contribution in [-0.4, -0.2) is 30.4 Å². The molecule has 0 saturated heterocycles. The van der Waals surface area contributed by atoms with Crippen molar-refractivity contribution in [3.63, 3.8) is 0 Å². The smallest absolute Gasteiger partial charge is 0.379 e. The molecule has 0 aromatic heterocycles. The molecule has 0 N–H and O–H groups in total. The van der Waals surface area contributed by atoms with Gasteiger partial charge in [0.05, 0.1) is 6.61 Å². The summed E-state index contributed by atoms with van der Waals surface area (Å²) >= 11 is 0. The molecule has 1 rings (SSSR count). The van der Waals surface area contributed by atoms with E-state index in [9.17, 15) is 13.2 Å². The van der Waals surface area contributed by atoms with E-state index in [0.29, 0.717) is 6.07 Å². The van der Waals surface area contributed by atoms with Crippen LogP contribution < -0.4 is 0 Å². The lowest BCUT2D eigenvalue weighted by Gasteiger charge is -2.14. The summed E-state index contributed by atoms with van der Waals surface area (Å²) in [5.74, 6) is -1.69. The van der Waals surface area contributed by atoms with E-state index in [1.807, 2.05) is 0 Å². The zero-order chi connectivity index (χ0) is 12.8. The summed E-state index contributed by atoms with van der Waals surface area (Å²) in [7, 11) is 0.428. The molecule has 0 saturated carbocycles. The zero-order valence-corrected chi connectivity index (χ0v) is 10.6. The molecule has 0 fully saturated rings. The highest BCUT2D eigenvalue weighted by Crippen LogP contribution is 2.22. The standard InChI is InChI=1S/C10H13F3O3Si/c1-14-17(15-2)16-6-10(13)8-4-3-7(11)5-9(8)12/h3-5,10,17H,6H2,1-2H3. The van der Waals surface area contributed by atoms with Gasteiger partial charge in [-0.05, 0) is 6.07 Å². The van der Waals surface area contributed by atoms with E-state index >= 15 is 0 Å². The first kappa shape index (κ1) is 14.2. The topological polar surface area (TPSA) is 27.7 Å². The van der Waals surface area contributed by atoms with Crippen molar-refractivity contribution in [3.05, 3.63) is 35.4 Å². The van der Waals surface area contributed by atoms with E-state index in [1.54, 1.807) is 0 Å². The molecule has 17 heavy (non-hydrogen) atoms. The van der Waals surface area contributed by atoms with E-state index in [2.05, 4.69) is 0 Å². The van der Waals surface area contributed by atoms with Crippen LogP contribution in [0.2, 0.25) is 0 Å². The molecule has 7 heteroatoms. The summed E-state index contributed by atoms with van der Waals surface area (Å²) in [6.45, 7) is -0.388. The SMILES string of the molecule is CO[SiH](OC)OCC(F)c1ccc(F)cc1F. The molecule has 0 aliphatic rings. The first-order valence-corrected chi connectivity index (χ1v) is 6.26. The third-order valence-electron chi connectivity index (χ3n) is 2.06. The van der Waals surface area contributed by atoms with E-state index in [-0.39, 0.29) is 12.2 Å². The summed E-state index contributed by atoms with van der Waals surface area (Å²) in [6.07, 6.45) is -1.68. The Morgan fingerprint density at radius 1 is 1.24 bits per heavy atom. The Hall–Kier alpha value is -0.893. The Balaban J connectivity index is 2.60. The predicted octanol–water partition coefficient (Wildman–Crippen LogP) is 2.00. The van der Waals surface area contributed by atoms with Crippen LogP contribution in [0.4, 0.5) is 13.2 Å². The van der Waals surface area contributed by atoms with Gasteiger partial charge in [-0.2, -0.15) is 0 Å². The van der Waals surface area contributed by atoms with Gasteiger partial charge in [-0.15, -0.1) is 0 Å². The fourth-order valence-electron chi connectivity index (χ4n) is 1.24. The second kappa shape index (κ2) is 6.75. The molecular weight excluding hydrogens is 253 g/mol. The van der Waals surface area contributed by atoms with Crippen LogP contribution in [0.25, 0.3) is 0 Å². The van der Waals surface area contributed by atoms with Gasteiger partial charge < -0.3 is 13.3 Å². The molecule has 3 nitrogen and oxygen atoms in total. The minimum Gasteiger partial charge on any atom is -0.379 e. The van der Waals surface area contributed by atoms with Crippen molar-refractivity contribution in [3.8, 4) is 0 Å². The van der Waals surface area contributed by atoms with Crippen molar-refractivity contribution in [2.45, 2.75) is 6.17 Å². The maximum Gasteiger partial charge on any atom is 0.483 e. The van der Waals surface area contributed by atoms with E-state index in [0.717, 1.165) is 12.1 Å². The van der Waals surface area contributed by atoms with Gasteiger partial charge in [0, 0.05) is 25.8 Å². The second-order valence-electron chi connectivity index (χ2n) is 3.23. The molecule has 1 aromatic carbocycles. The van der Waals surface area contributed by atoms with E-state index < -0.39 is 27.3 Å². The highest BCUT2D eigenvalue weighted by molar-refractivity contribution is 6.36. The molecule has 0 bridgehead atoms. The molecule has 0 amide bonds. The lowest BCUT2D eigenvalue weighted by atomic mass is 10.1. The Kier molecular flexibility index (Phi) is 5.62. The van der Waals surface area contributed by atoms with Gasteiger partial charge in [0.15, 0.2) is 6.17 Å². The molecule has 0 spiro atoms. The van der Waals surface area contributed by atoms with Gasteiger partial charge >= 0.3 is 9.53 Å². The van der Waals surface area contributed by atoms with Crippen LogP contribution in [-0.2, 0) is 13.3 Å². The number of rotatable bonds is 6. The summed E-state index contributed by atoms with van der Waals surface area (Å²) in [5, 5.41) is 0. The minimum absolute atomic E-state index is 0.244. The van der Waals surface area contributed by atoms with Crippen molar-refractivity contribution in [1.82, 2.24) is 0 Å². The van der Waals surface area contributed by atoms with Crippen LogP contribution in [0.1, 0.15) is 11.7 Å². The Bertz CT molecular complexity index is 361. The summed E-state index contributed by atoms with van der Waals surface area (Å²) in [6, 6.07) is 2.67. The number of alkyl halides is 1. The van der Waals surface area contributed by atoms with Gasteiger partial charge in [-0.25, -0.2) is 13.2 Å². The molecule has 1 aromatic rings. The lowest BCUT2D eigenvalue weighted by molar-refractivity contribution is 0.100. The monoisotopic (exact) mass is 266 g/mol. The molecule has 0 heterocycles. The third-order valence-corrected chi connectivity index (χ3v) is 3.30. The maximum absolute atomic E-state index is 13.6. The third kappa shape index (κ3) is 4.12. The predicted molar refractivity (Wildman–Crippen MR) is 57.3 cm³/mol. The Morgan fingerprint density at radius 2 is 1.88 bits per heavy atom. The van der Waals surface area contributed by atoms with Crippen LogP contribution in [0.5, 0.6) is 0 Å². The van der Waals surface area contributed by atoms with E-state index in [1.165, 1.54) is 14.2 Å². The lowest BCUT2D eigenvalue weighted by Crippen LogP contribution is -2.25. The van der Waals surface area contributed by atoms with Gasteiger partial charge in [-0.3, -0.25) is 0 Å². The molecule has 96 valence electrons. The zero-order valence-electron chi connectivity index (χ0n) is 9.45.